The van der Waals surface area contributed by atoms with Crippen LogP contribution >= 0.6 is 0 Å². The summed E-state index contributed by atoms with van der Waals surface area (Å²) in [5.74, 6) is 0. The Labute approximate surface area is 109 Å². The minimum Gasteiger partial charge on any atom is -0.326 e. The molecule has 0 radical (unpaired) electrons. The van der Waals surface area contributed by atoms with Crippen molar-refractivity contribution in [3.05, 3.63) is 29.3 Å². The summed E-state index contributed by atoms with van der Waals surface area (Å²) in [6.07, 6.45) is 2.91. The van der Waals surface area contributed by atoms with Gasteiger partial charge in [-0.1, -0.05) is 12.1 Å². The quantitative estimate of drug-likeness (QED) is 0.872. The van der Waals surface area contributed by atoms with Crippen LogP contribution in [0.3, 0.4) is 0 Å². The Bertz CT molecular complexity index is 548. The molecule has 2 rings (SSSR count). The molecule has 0 bridgehead atoms. The van der Waals surface area contributed by atoms with Crippen LogP contribution in [0.5, 0.6) is 0 Å². The highest BCUT2D eigenvalue weighted by molar-refractivity contribution is 7.89. The zero-order valence-corrected chi connectivity index (χ0v) is 11.7. The van der Waals surface area contributed by atoms with Gasteiger partial charge in [-0.2, -0.15) is 0 Å². The van der Waals surface area contributed by atoms with Gasteiger partial charge in [-0.05, 0) is 50.3 Å². The minimum absolute atomic E-state index is 0.266. The Morgan fingerprint density at radius 1 is 1.39 bits per heavy atom. The van der Waals surface area contributed by atoms with E-state index in [0.717, 1.165) is 30.4 Å². The first-order chi connectivity index (χ1) is 8.36. The minimum atomic E-state index is -3.43. The number of nitrogens with one attached hydrogen (secondary N) is 1. The van der Waals surface area contributed by atoms with Gasteiger partial charge in [0.05, 0.1) is 4.90 Å². The molecule has 0 amide bonds. The normalized spacial score (nSPS) is 18.4. The number of benzene rings is 1. The maximum atomic E-state index is 12.3. The van der Waals surface area contributed by atoms with Gasteiger partial charge in [-0.25, -0.2) is 13.1 Å². The molecule has 3 N–H and O–H groups in total. The zero-order chi connectivity index (χ0) is 13.4. The van der Waals surface area contributed by atoms with Gasteiger partial charge in [-0.3, -0.25) is 0 Å². The summed E-state index contributed by atoms with van der Waals surface area (Å²) in [6, 6.07) is 5.24. The topological polar surface area (TPSA) is 72.2 Å². The first-order valence-electron chi connectivity index (χ1n) is 6.20. The number of nitrogens with two attached hydrogens (primary N) is 1. The molecule has 100 valence electrons. The van der Waals surface area contributed by atoms with Crippen molar-refractivity contribution in [2.45, 2.75) is 50.1 Å². The molecule has 1 aliphatic rings. The molecule has 0 heterocycles. The standard InChI is InChI=1S/C13H20N2O2S/c1-10-8-11(9-14)4-5-12(10)18(16,17)15-13(2)6-3-7-13/h4-5,8,15H,3,6-7,9,14H2,1-2H3. The summed E-state index contributed by atoms with van der Waals surface area (Å²) in [5, 5.41) is 0. The maximum absolute atomic E-state index is 12.3. The zero-order valence-electron chi connectivity index (χ0n) is 10.9. The molecule has 1 aromatic carbocycles. The van der Waals surface area contributed by atoms with Gasteiger partial charge in [0.1, 0.15) is 0 Å². The summed E-state index contributed by atoms with van der Waals surface area (Å²) in [7, 11) is -3.43. The van der Waals surface area contributed by atoms with Crippen LogP contribution < -0.4 is 10.5 Å². The fourth-order valence-electron chi connectivity index (χ4n) is 2.33. The van der Waals surface area contributed by atoms with Crippen LogP contribution in [0, 0.1) is 6.92 Å². The van der Waals surface area contributed by atoms with Gasteiger partial charge in [0.25, 0.3) is 0 Å². The third-order valence-corrected chi connectivity index (χ3v) is 5.40. The molecule has 0 aromatic heterocycles. The molecule has 18 heavy (non-hydrogen) atoms. The molecule has 1 fully saturated rings. The summed E-state index contributed by atoms with van der Waals surface area (Å²) in [6.45, 7) is 4.18. The summed E-state index contributed by atoms with van der Waals surface area (Å²) >= 11 is 0. The van der Waals surface area contributed by atoms with Crippen LogP contribution in [0.25, 0.3) is 0 Å². The molecular weight excluding hydrogens is 248 g/mol. The third-order valence-electron chi connectivity index (χ3n) is 3.60. The van der Waals surface area contributed by atoms with E-state index in [0.29, 0.717) is 11.4 Å². The Hall–Kier alpha value is -0.910. The first-order valence-corrected chi connectivity index (χ1v) is 7.68. The van der Waals surface area contributed by atoms with E-state index in [2.05, 4.69) is 4.72 Å². The number of aryl methyl sites for hydroxylation is 1. The number of hydrogen-bond acceptors (Lipinski definition) is 3. The number of rotatable bonds is 4. The highest BCUT2D eigenvalue weighted by Gasteiger charge is 2.36. The maximum Gasteiger partial charge on any atom is 0.241 e. The lowest BCUT2D eigenvalue weighted by Gasteiger charge is -2.38. The summed E-state index contributed by atoms with van der Waals surface area (Å²) in [5.41, 5.74) is 6.97. The van der Waals surface area contributed by atoms with Gasteiger partial charge in [0, 0.05) is 12.1 Å². The van der Waals surface area contributed by atoms with Gasteiger partial charge in [0.15, 0.2) is 0 Å². The predicted octanol–water partition coefficient (Wildman–Crippen LogP) is 1.67. The van der Waals surface area contributed by atoms with E-state index in [1.54, 1.807) is 19.1 Å². The van der Waals surface area contributed by atoms with E-state index in [-0.39, 0.29) is 5.54 Å². The van der Waals surface area contributed by atoms with Crippen LogP contribution in [0.1, 0.15) is 37.3 Å². The summed E-state index contributed by atoms with van der Waals surface area (Å²) < 4.78 is 27.4. The molecule has 4 nitrogen and oxygen atoms in total. The smallest absolute Gasteiger partial charge is 0.241 e. The largest absolute Gasteiger partial charge is 0.326 e. The fraction of sp³-hybridized carbons (Fsp3) is 0.538. The van der Waals surface area contributed by atoms with E-state index >= 15 is 0 Å². The Kier molecular flexibility index (Phi) is 3.49. The van der Waals surface area contributed by atoms with Crippen LogP contribution in [-0.4, -0.2) is 14.0 Å². The molecule has 1 aromatic rings. The van der Waals surface area contributed by atoms with E-state index < -0.39 is 10.0 Å². The van der Waals surface area contributed by atoms with Gasteiger partial charge >= 0.3 is 0 Å². The van der Waals surface area contributed by atoms with Crippen molar-refractivity contribution in [3.8, 4) is 0 Å². The Morgan fingerprint density at radius 2 is 2.06 bits per heavy atom. The van der Waals surface area contributed by atoms with E-state index in [4.69, 9.17) is 5.73 Å². The lowest BCUT2D eigenvalue weighted by Crippen LogP contribution is -2.50. The van der Waals surface area contributed by atoms with Crippen molar-refractivity contribution in [1.29, 1.82) is 0 Å². The molecule has 0 atom stereocenters. The van der Waals surface area contributed by atoms with Crippen LogP contribution in [0.15, 0.2) is 23.1 Å². The lowest BCUT2D eigenvalue weighted by atomic mass is 9.80. The Morgan fingerprint density at radius 3 is 2.50 bits per heavy atom. The van der Waals surface area contributed by atoms with E-state index in [1.165, 1.54) is 0 Å². The first kappa shape index (κ1) is 13.5. The SMILES string of the molecule is Cc1cc(CN)ccc1S(=O)(=O)NC1(C)CCC1. The van der Waals surface area contributed by atoms with Crippen molar-refractivity contribution in [2.75, 3.05) is 0 Å². The molecule has 1 aliphatic carbocycles. The van der Waals surface area contributed by atoms with Gasteiger partial charge in [-0.15, -0.1) is 0 Å². The van der Waals surface area contributed by atoms with E-state index in [1.807, 2.05) is 13.0 Å². The molecule has 0 aliphatic heterocycles. The van der Waals surface area contributed by atoms with Crippen molar-refractivity contribution in [1.82, 2.24) is 4.72 Å². The summed E-state index contributed by atoms with van der Waals surface area (Å²) in [4.78, 5) is 0.354. The second-order valence-corrected chi connectivity index (χ2v) is 6.97. The monoisotopic (exact) mass is 268 g/mol. The highest BCUT2D eigenvalue weighted by Crippen LogP contribution is 2.33. The molecule has 0 saturated heterocycles. The van der Waals surface area contributed by atoms with Crippen molar-refractivity contribution >= 4 is 10.0 Å². The molecule has 1 saturated carbocycles. The van der Waals surface area contributed by atoms with Crippen LogP contribution in [-0.2, 0) is 16.6 Å². The molecule has 5 heteroatoms. The van der Waals surface area contributed by atoms with Gasteiger partial charge in [0.2, 0.25) is 10.0 Å². The lowest BCUT2D eigenvalue weighted by molar-refractivity contribution is 0.248. The van der Waals surface area contributed by atoms with Crippen molar-refractivity contribution < 1.29 is 8.42 Å². The van der Waals surface area contributed by atoms with E-state index in [9.17, 15) is 8.42 Å². The average molecular weight is 268 g/mol. The molecule has 0 spiro atoms. The fourth-order valence-corrected chi connectivity index (χ4v) is 4.02. The Balaban J connectivity index is 2.29. The predicted molar refractivity (Wildman–Crippen MR) is 71.6 cm³/mol. The van der Waals surface area contributed by atoms with Crippen LogP contribution in [0.4, 0.5) is 0 Å². The molecule has 0 unspecified atom stereocenters. The number of sulfonamides is 1. The molecular formula is C13H20N2O2S. The van der Waals surface area contributed by atoms with Gasteiger partial charge < -0.3 is 5.73 Å². The third kappa shape index (κ3) is 2.58. The number of hydrogen-bond donors (Lipinski definition) is 2. The second kappa shape index (κ2) is 4.64. The second-order valence-electron chi connectivity index (χ2n) is 5.32. The average Bonchev–Trinajstić information content (AvgIpc) is 2.25. The van der Waals surface area contributed by atoms with Crippen molar-refractivity contribution in [3.63, 3.8) is 0 Å². The highest BCUT2D eigenvalue weighted by atomic mass is 32.2. The van der Waals surface area contributed by atoms with Crippen molar-refractivity contribution in [2.24, 2.45) is 5.73 Å². The van der Waals surface area contributed by atoms with Crippen LogP contribution in [0.2, 0.25) is 0 Å².